The third-order valence-corrected chi connectivity index (χ3v) is 2.32. The van der Waals surface area contributed by atoms with Gasteiger partial charge in [-0.2, -0.15) is 0 Å². The molecule has 0 aromatic carbocycles. The summed E-state index contributed by atoms with van der Waals surface area (Å²) in [5.74, 6) is 0. The molecule has 0 unspecified atom stereocenters. The summed E-state index contributed by atoms with van der Waals surface area (Å²) >= 11 is 6.69. The number of unbranched alkanes of at least 4 members (excludes halogenated alkanes) is 4. The van der Waals surface area contributed by atoms with Crippen LogP contribution in [-0.4, -0.2) is 0 Å². The number of halogens is 2. The molecular weight excluding hydrogens is 292 g/mol. The average molecular weight is 310 g/mol. The molecule has 0 heterocycles. The summed E-state index contributed by atoms with van der Waals surface area (Å²) in [6.07, 6.45) is 10.9. The van der Waals surface area contributed by atoms with Gasteiger partial charge in [-0.1, -0.05) is 37.8 Å². The maximum atomic E-state index is 3.35. The van der Waals surface area contributed by atoms with Crippen molar-refractivity contribution >= 4 is 31.9 Å². The molecule has 0 aromatic rings. The molecule has 0 rings (SSSR count). The van der Waals surface area contributed by atoms with Crippen LogP contribution in [-0.2, 0) is 0 Å². The summed E-state index contributed by atoms with van der Waals surface area (Å²) in [5.41, 5.74) is 1.32. The van der Waals surface area contributed by atoms with E-state index in [1.165, 1.54) is 37.7 Å². The van der Waals surface area contributed by atoms with Gasteiger partial charge in [-0.05, 0) is 57.7 Å². The molecule has 0 bridgehead atoms. The van der Waals surface area contributed by atoms with Crippen LogP contribution in [0.3, 0.4) is 0 Å². The van der Waals surface area contributed by atoms with E-state index in [4.69, 9.17) is 0 Å². The van der Waals surface area contributed by atoms with E-state index in [1.54, 1.807) is 0 Å². The lowest BCUT2D eigenvalue weighted by atomic mass is 10.1. The first-order chi connectivity index (χ1) is 6.16. The minimum absolute atomic E-state index is 1.02. The van der Waals surface area contributed by atoms with E-state index >= 15 is 0 Å². The Labute approximate surface area is 98.7 Å². The molecule has 0 nitrogen and oxygen atoms in total. The van der Waals surface area contributed by atoms with Gasteiger partial charge in [0.1, 0.15) is 0 Å². The normalized spacial score (nSPS) is 11.5. The fraction of sp³-hybridized carbons (Fsp3) is 0.636. The Kier molecular flexibility index (Phi) is 9.32. The first-order valence-electron chi connectivity index (χ1n) is 4.86. The largest absolute Gasteiger partial charge is 0.0815 e. The van der Waals surface area contributed by atoms with E-state index < -0.39 is 0 Å². The lowest BCUT2D eigenvalue weighted by molar-refractivity contribution is 0.674. The number of hydrogen-bond acceptors (Lipinski definition) is 0. The fourth-order valence-corrected chi connectivity index (χ4v) is 1.85. The Morgan fingerprint density at radius 3 is 2.38 bits per heavy atom. The predicted octanol–water partition coefficient (Wildman–Crippen LogP) is 5.53. The van der Waals surface area contributed by atoms with Crippen molar-refractivity contribution in [2.24, 2.45) is 0 Å². The van der Waals surface area contributed by atoms with Crippen molar-refractivity contribution in [2.75, 3.05) is 0 Å². The molecule has 0 aromatic heterocycles. The fourth-order valence-electron chi connectivity index (χ4n) is 1.13. The van der Waals surface area contributed by atoms with Crippen LogP contribution in [0.5, 0.6) is 0 Å². The molecule has 0 saturated heterocycles. The first-order valence-corrected chi connectivity index (χ1v) is 6.45. The Morgan fingerprint density at radius 1 is 1.15 bits per heavy atom. The molecule has 0 aliphatic rings. The maximum Gasteiger partial charge on any atom is 0.0606 e. The highest BCUT2D eigenvalue weighted by Gasteiger charge is 1.88. The van der Waals surface area contributed by atoms with E-state index in [-0.39, 0.29) is 0 Å². The Hall–Kier alpha value is 0.440. The Morgan fingerprint density at radius 2 is 1.85 bits per heavy atom. The van der Waals surface area contributed by atoms with E-state index in [9.17, 15) is 0 Å². The SMILES string of the molecule is CCCCCC/C=C(\C)C=C(Br)Br. The molecule has 0 radical (unpaired) electrons. The second-order valence-corrected chi connectivity index (χ2v) is 6.00. The lowest BCUT2D eigenvalue weighted by Gasteiger charge is -1.96. The van der Waals surface area contributed by atoms with Crippen LogP contribution in [0.2, 0.25) is 0 Å². The van der Waals surface area contributed by atoms with Crippen LogP contribution >= 0.6 is 31.9 Å². The van der Waals surface area contributed by atoms with Gasteiger partial charge in [0.25, 0.3) is 0 Å². The van der Waals surface area contributed by atoms with Gasteiger partial charge < -0.3 is 0 Å². The topological polar surface area (TPSA) is 0 Å². The minimum atomic E-state index is 1.02. The minimum Gasteiger partial charge on any atom is -0.0815 e. The van der Waals surface area contributed by atoms with Crippen molar-refractivity contribution in [3.8, 4) is 0 Å². The Bertz CT molecular complexity index is 177. The van der Waals surface area contributed by atoms with E-state index in [0.717, 1.165) is 3.39 Å². The summed E-state index contributed by atoms with van der Waals surface area (Å²) in [7, 11) is 0. The molecule has 0 amide bonds. The van der Waals surface area contributed by atoms with E-state index in [1.807, 2.05) is 0 Å². The van der Waals surface area contributed by atoms with Gasteiger partial charge in [0.15, 0.2) is 0 Å². The number of rotatable bonds is 6. The highest BCUT2D eigenvalue weighted by molar-refractivity contribution is 9.28. The summed E-state index contributed by atoms with van der Waals surface area (Å²) in [5, 5.41) is 0. The van der Waals surface area contributed by atoms with Gasteiger partial charge in [0, 0.05) is 0 Å². The van der Waals surface area contributed by atoms with Crippen molar-refractivity contribution in [2.45, 2.75) is 46.0 Å². The standard InChI is InChI=1S/C11H18Br2/c1-3-4-5-6-7-8-10(2)9-11(12)13/h8-9H,3-7H2,1-2H3/b10-8+. The molecular formula is C11H18Br2. The monoisotopic (exact) mass is 308 g/mol. The van der Waals surface area contributed by atoms with Gasteiger partial charge in [0.2, 0.25) is 0 Å². The zero-order chi connectivity index (χ0) is 10.1. The highest BCUT2D eigenvalue weighted by atomic mass is 79.9. The molecule has 76 valence electrons. The summed E-state index contributed by atoms with van der Waals surface area (Å²) < 4.78 is 1.02. The number of allylic oxidation sites excluding steroid dienone is 3. The third-order valence-electron chi connectivity index (χ3n) is 1.86. The van der Waals surface area contributed by atoms with Gasteiger partial charge in [-0.25, -0.2) is 0 Å². The first kappa shape index (κ1) is 13.4. The summed E-state index contributed by atoms with van der Waals surface area (Å²) in [4.78, 5) is 0. The quantitative estimate of drug-likeness (QED) is 0.447. The zero-order valence-corrected chi connectivity index (χ0v) is 11.6. The molecule has 0 fully saturated rings. The molecule has 0 atom stereocenters. The lowest BCUT2D eigenvalue weighted by Crippen LogP contribution is -1.75. The van der Waals surface area contributed by atoms with Crippen LogP contribution in [0.1, 0.15) is 46.0 Å². The van der Waals surface area contributed by atoms with Crippen LogP contribution in [0, 0.1) is 0 Å². The molecule has 0 saturated carbocycles. The zero-order valence-electron chi connectivity index (χ0n) is 8.45. The van der Waals surface area contributed by atoms with E-state index in [2.05, 4.69) is 57.9 Å². The van der Waals surface area contributed by atoms with Crippen LogP contribution in [0.15, 0.2) is 21.1 Å². The average Bonchev–Trinajstić information content (AvgIpc) is 2.02. The van der Waals surface area contributed by atoms with Crippen LogP contribution in [0.4, 0.5) is 0 Å². The second kappa shape index (κ2) is 9.01. The molecule has 2 heteroatoms. The smallest absolute Gasteiger partial charge is 0.0606 e. The van der Waals surface area contributed by atoms with Crippen molar-refractivity contribution in [1.82, 2.24) is 0 Å². The van der Waals surface area contributed by atoms with Crippen molar-refractivity contribution in [3.63, 3.8) is 0 Å². The molecule has 0 aliphatic carbocycles. The summed E-state index contributed by atoms with van der Waals surface area (Å²) in [6, 6.07) is 0. The van der Waals surface area contributed by atoms with Gasteiger partial charge in [-0.3, -0.25) is 0 Å². The molecule has 13 heavy (non-hydrogen) atoms. The molecule has 0 aliphatic heterocycles. The van der Waals surface area contributed by atoms with Gasteiger partial charge in [0.05, 0.1) is 3.39 Å². The molecule has 0 N–H and O–H groups in total. The van der Waals surface area contributed by atoms with Crippen molar-refractivity contribution in [1.29, 1.82) is 0 Å². The second-order valence-electron chi connectivity index (χ2n) is 3.23. The Balaban J connectivity index is 3.54. The van der Waals surface area contributed by atoms with Gasteiger partial charge >= 0.3 is 0 Å². The number of hydrogen-bond donors (Lipinski definition) is 0. The van der Waals surface area contributed by atoms with Crippen molar-refractivity contribution < 1.29 is 0 Å². The maximum absolute atomic E-state index is 3.35. The van der Waals surface area contributed by atoms with E-state index in [0.29, 0.717) is 0 Å². The highest BCUT2D eigenvalue weighted by Crippen LogP contribution is 2.16. The van der Waals surface area contributed by atoms with Crippen molar-refractivity contribution in [3.05, 3.63) is 21.1 Å². The van der Waals surface area contributed by atoms with Crippen LogP contribution in [0.25, 0.3) is 0 Å². The third kappa shape index (κ3) is 10.4. The molecule has 0 spiro atoms. The van der Waals surface area contributed by atoms with Crippen LogP contribution < -0.4 is 0 Å². The van der Waals surface area contributed by atoms with Gasteiger partial charge in [-0.15, -0.1) is 0 Å². The predicted molar refractivity (Wildman–Crippen MR) is 68.5 cm³/mol. The summed E-state index contributed by atoms with van der Waals surface area (Å²) in [6.45, 7) is 4.37.